The summed E-state index contributed by atoms with van der Waals surface area (Å²) < 4.78 is 0. The SMILES string of the molecule is Cc1ccc(NC(=O)CN2C(=O)NC3(CCC(C(C)(C)C)CC3)C2=O)c(C)c1. The van der Waals surface area contributed by atoms with E-state index in [0.29, 0.717) is 24.4 Å². The highest BCUT2D eigenvalue weighted by Gasteiger charge is 2.53. The van der Waals surface area contributed by atoms with E-state index in [1.165, 1.54) is 0 Å². The Balaban J connectivity index is 1.65. The molecule has 152 valence electrons. The van der Waals surface area contributed by atoms with Crippen molar-refractivity contribution < 1.29 is 14.4 Å². The molecule has 1 saturated carbocycles. The normalized spacial score (nSPS) is 25.2. The number of carbonyl (C=O) groups is 3. The van der Waals surface area contributed by atoms with Crippen molar-refractivity contribution in [3.63, 3.8) is 0 Å². The molecule has 0 radical (unpaired) electrons. The van der Waals surface area contributed by atoms with Gasteiger partial charge in [-0.3, -0.25) is 14.5 Å². The van der Waals surface area contributed by atoms with E-state index in [1.807, 2.05) is 32.0 Å². The summed E-state index contributed by atoms with van der Waals surface area (Å²) in [4.78, 5) is 39.0. The molecule has 1 saturated heterocycles. The van der Waals surface area contributed by atoms with Crippen LogP contribution in [0.2, 0.25) is 0 Å². The summed E-state index contributed by atoms with van der Waals surface area (Å²) >= 11 is 0. The molecule has 1 aliphatic carbocycles. The van der Waals surface area contributed by atoms with Gasteiger partial charge in [0.05, 0.1) is 0 Å². The highest BCUT2D eigenvalue weighted by molar-refractivity contribution is 6.10. The number of anilines is 1. The van der Waals surface area contributed by atoms with Crippen LogP contribution in [0.1, 0.15) is 57.6 Å². The fraction of sp³-hybridized carbons (Fsp3) is 0.591. The van der Waals surface area contributed by atoms with Crippen LogP contribution in [-0.4, -0.2) is 34.8 Å². The van der Waals surface area contributed by atoms with Gasteiger partial charge in [0.1, 0.15) is 12.1 Å². The maximum atomic E-state index is 13.0. The Morgan fingerprint density at radius 3 is 2.43 bits per heavy atom. The van der Waals surface area contributed by atoms with Crippen LogP contribution < -0.4 is 10.6 Å². The van der Waals surface area contributed by atoms with Crippen molar-refractivity contribution in [2.75, 3.05) is 11.9 Å². The highest BCUT2D eigenvalue weighted by atomic mass is 16.2. The molecule has 1 spiro atoms. The third kappa shape index (κ3) is 3.91. The summed E-state index contributed by atoms with van der Waals surface area (Å²) in [5.74, 6) is -0.0961. The van der Waals surface area contributed by atoms with E-state index in [9.17, 15) is 14.4 Å². The molecule has 0 bridgehead atoms. The summed E-state index contributed by atoms with van der Waals surface area (Å²) in [7, 11) is 0. The Labute approximate surface area is 167 Å². The molecule has 6 heteroatoms. The second-order valence-corrected chi connectivity index (χ2v) is 9.41. The van der Waals surface area contributed by atoms with Crippen LogP contribution in [0.3, 0.4) is 0 Å². The molecular weight excluding hydrogens is 354 g/mol. The second kappa shape index (κ2) is 7.22. The summed E-state index contributed by atoms with van der Waals surface area (Å²) in [5.41, 5.74) is 2.11. The van der Waals surface area contributed by atoms with E-state index >= 15 is 0 Å². The molecule has 4 amide bonds. The Hall–Kier alpha value is -2.37. The van der Waals surface area contributed by atoms with Gasteiger partial charge in [0.2, 0.25) is 5.91 Å². The second-order valence-electron chi connectivity index (χ2n) is 9.41. The molecule has 3 rings (SSSR count). The molecule has 0 atom stereocenters. The van der Waals surface area contributed by atoms with Crippen LogP contribution in [0.5, 0.6) is 0 Å². The van der Waals surface area contributed by atoms with Crippen LogP contribution in [0.15, 0.2) is 18.2 Å². The van der Waals surface area contributed by atoms with Gasteiger partial charge in [0.25, 0.3) is 5.91 Å². The first-order chi connectivity index (χ1) is 13.0. The van der Waals surface area contributed by atoms with Gasteiger partial charge in [-0.05, 0) is 62.5 Å². The van der Waals surface area contributed by atoms with Gasteiger partial charge in [-0.25, -0.2) is 4.79 Å². The zero-order valence-electron chi connectivity index (χ0n) is 17.5. The Kier molecular flexibility index (Phi) is 5.26. The van der Waals surface area contributed by atoms with Gasteiger partial charge >= 0.3 is 6.03 Å². The Morgan fingerprint density at radius 2 is 1.86 bits per heavy atom. The van der Waals surface area contributed by atoms with Gasteiger partial charge in [-0.15, -0.1) is 0 Å². The molecule has 1 heterocycles. The van der Waals surface area contributed by atoms with Crippen molar-refractivity contribution in [2.45, 2.75) is 65.8 Å². The number of nitrogens with one attached hydrogen (secondary N) is 2. The van der Waals surface area contributed by atoms with Gasteiger partial charge in [0, 0.05) is 5.69 Å². The number of urea groups is 1. The van der Waals surface area contributed by atoms with Crippen molar-refractivity contribution in [3.8, 4) is 0 Å². The number of amides is 4. The zero-order valence-corrected chi connectivity index (χ0v) is 17.5. The molecule has 1 aromatic rings. The number of hydrogen-bond donors (Lipinski definition) is 2. The van der Waals surface area contributed by atoms with E-state index in [2.05, 4.69) is 31.4 Å². The lowest BCUT2D eigenvalue weighted by molar-refractivity contribution is -0.135. The third-order valence-electron chi connectivity index (χ3n) is 6.27. The number of nitrogens with zero attached hydrogens (tertiary/aromatic N) is 1. The fourth-order valence-electron chi connectivity index (χ4n) is 4.42. The maximum absolute atomic E-state index is 13.0. The number of imide groups is 1. The maximum Gasteiger partial charge on any atom is 0.325 e. The minimum atomic E-state index is -0.834. The van der Waals surface area contributed by atoms with Gasteiger partial charge in [0.15, 0.2) is 0 Å². The van der Waals surface area contributed by atoms with E-state index < -0.39 is 11.6 Å². The predicted molar refractivity (Wildman–Crippen MR) is 109 cm³/mol. The van der Waals surface area contributed by atoms with Crippen LogP contribution in [0.25, 0.3) is 0 Å². The van der Waals surface area contributed by atoms with E-state index in [-0.39, 0.29) is 23.8 Å². The topological polar surface area (TPSA) is 78.5 Å². The smallest absolute Gasteiger partial charge is 0.324 e. The first-order valence-corrected chi connectivity index (χ1v) is 10.0. The monoisotopic (exact) mass is 385 g/mol. The van der Waals surface area contributed by atoms with Crippen LogP contribution in [0.4, 0.5) is 10.5 Å². The Bertz CT molecular complexity index is 802. The zero-order chi connectivity index (χ0) is 20.7. The van der Waals surface area contributed by atoms with Gasteiger partial charge in [-0.2, -0.15) is 0 Å². The predicted octanol–water partition coefficient (Wildman–Crippen LogP) is 3.77. The molecule has 2 aliphatic rings. The average Bonchev–Trinajstić information content (AvgIpc) is 2.81. The standard InChI is InChI=1S/C22H31N3O3/c1-14-6-7-17(15(2)12-14)23-18(26)13-25-19(27)22(24-20(25)28)10-8-16(9-11-22)21(3,4)5/h6-7,12,16H,8-11,13H2,1-5H3,(H,23,26)(H,24,28). The van der Waals surface area contributed by atoms with Crippen molar-refractivity contribution in [1.82, 2.24) is 10.2 Å². The summed E-state index contributed by atoms with van der Waals surface area (Å²) in [6.07, 6.45) is 3.07. The third-order valence-corrected chi connectivity index (χ3v) is 6.27. The Morgan fingerprint density at radius 1 is 1.21 bits per heavy atom. The minimum absolute atomic E-state index is 0.193. The first kappa shape index (κ1) is 20.4. The fourth-order valence-corrected chi connectivity index (χ4v) is 4.42. The summed E-state index contributed by atoms with van der Waals surface area (Å²) in [5, 5.41) is 5.70. The average molecular weight is 386 g/mol. The van der Waals surface area contributed by atoms with E-state index in [1.54, 1.807) is 0 Å². The number of benzene rings is 1. The van der Waals surface area contributed by atoms with Crippen LogP contribution in [-0.2, 0) is 9.59 Å². The largest absolute Gasteiger partial charge is 0.325 e. The molecule has 2 fully saturated rings. The van der Waals surface area contributed by atoms with Crippen molar-refractivity contribution in [3.05, 3.63) is 29.3 Å². The van der Waals surface area contributed by atoms with Gasteiger partial charge in [-0.1, -0.05) is 38.5 Å². The minimum Gasteiger partial charge on any atom is -0.324 e. The number of rotatable bonds is 3. The lowest BCUT2D eigenvalue weighted by atomic mass is 9.67. The van der Waals surface area contributed by atoms with Crippen molar-refractivity contribution >= 4 is 23.5 Å². The molecule has 1 aromatic carbocycles. The number of carbonyl (C=O) groups excluding carboxylic acids is 3. The highest BCUT2D eigenvalue weighted by Crippen LogP contribution is 2.43. The van der Waals surface area contributed by atoms with Crippen LogP contribution in [0, 0.1) is 25.2 Å². The molecular formula is C22H31N3O3. The summed E-state index contributed by atoms with van der Waals surface area (Å²) in [6, 6.07) is 5.27. The van der Waals surface area contributed by atoms with Crippen LogP contribution >= 0.6 is 0 Å². The quantitative estimate of drug-likeness (QED) is 0.778. The molecule has 6 nitrogen and oxygen atoms in total. The molecule has 0 unspecified atom stereocenters. The van der Waals surface area contributed by atoms with Crippen molar-refractivity contribution in [2.24, 2.45) is 11.3 Å². The lowest BCUT2D eigenvalue weighted by Crippen LogP contribution is -2.51. The first-order valence-electron chi connectivity index (χ1n) is 10.0. The van der Waals surface area contributed by atoms with Gasteiger partial charge < -0.3 is 10.6 Å². The molecule has 0 aromatic heterocycles. The number of hydrogen-bond acceptors (Lipinski definition) is 3. The number of aryl methyl sites for hydroxylation is 2. The molecule has 1 aliphatic heterocycles. The molecule has 2 N–H and O–H groups in total. The lowest BCUT2D eigenvalue weighted by Gasteiger charge is -2.40. The van der Waals surface area contributed by atoms with E-state index in [0.717, 1.165) is 28.9 Å². The molecule has 28 heavy (non-hydrogen) atoms. The van der Waals surface area contributed by atoms with Crippen molar-refractivity contribution in [1.29, 1.82) is 0 Å². The van der Waals surface area contributed by atoms with E-state index in [4.69, 9.17) is 0 Å². The summed E-state index contributed by atoms with van der Waals surface area (Å²) in [6.45, 7) is 10.3.